The van der Waals surface area contributed by atoms with Crippen molar-refractivity contribution in [1.29, 1.82) is 0 Å². The smallest absolute Gasteiger partial charge is 0.263 e. The molecule has 0 saturated heterocycles. The van der Waals surface area contributed by atoms with Crippen molar-refractivity contribution < 1.29 is 12.8 Å². The van der Waals surface area contributed by atoms with Crippen molar-refractivity contribution >= 4 is 33.0 Å². The lowest BCUT2D eigenvalue weighted by Crippen LogP contribution is -2.14. The Bertz CT molecular complexity index is 719. The zero-order chi connectivity index (χ0) is 14.0. The topological polar surface area (TPSA) is 72.2 Å². The molecule has 19 heavy (non-hydrogen) atoms. The van der Waals surface area contributed by atoms with Crippen molar-refractivity contribution in [3.63, 3.8) is 0 Å². The predicted molar refractivity (Wildman–Crippen MR) is 73.1 cm³/mol. The molecule has 0 aliphatic rings. The van der Waals surface area contributed by atoms with Gasteiger partial charge in [0.25, 0.3) is 10.0 Å². The number of anilines is 2. The maximum absolute atomic E-state index is 12.9. The Labute approximate surface area is 115 Å². The Morgan fingerprint density at radius 1 is 1.16 bits per heavy atom. The Hall–Kier alpha value is -1.79. The summed E-state index contributed by atoms with van der Waals surface area (Å²) in [6.45, 7) is 0. The quantitative estimate of drug-likeness (QED) is 0.856. The number of sulfonamides is 1. The van der Waals surface area contributed by atoms with Gasteiger partial charge in [0.2, 0.25) is 0 Å². The van der Waals surface area contributed by atoms with E-state index in [1.165, 1.54) is 6.07 Å². The summed E-state index contributed by atoms with van der Waals surface area (Å²) in [4.78, 5) is -0.209. The molecule has 0 heterocycles. The van der Waals surface area contributed by atoms with E-state index >= 15 is 0 Å². The molecule has 0 atom stereocenters. The van der Waals surface area contributed by atoms with E-state index in [4.69, 9.17) is 17.3 Å². The first-order chi connectivity index (χ1) is 8.90. The molecule has 7 heteroatoms. The van der Waals surface area contributed by atoms with Gasteiger partial charge in [-0.1, -0.05) is 23.7 Å². The van der Waals surface area contributed by atoms with Crippen LogP contribution in [0.1, 0.15) is 0 Å². The van der Waals surface area contributed by atoms with E-state index in [1.54, 1.807) is 18.2 Å². The summed E-state index contributed by atoms with van der Waals surface area (Å²) in [5, 5.41) is -0.193. The maximum Gasteiger partial charge on any atom is 0.263 e. The molecule has 0 saturated carbocycles. The first-order valence-corrected chi connectivity index (χ1v) is 7.08. The Balaban J connectivity index is 2.41. The number of benzene rings is 2. The molecular weight excluding hydrogens is 291 g/mol. The normalized spacial score (nSPS) is 11.3. The standard InChI is InChI=1S/C12H10ClFN2O2S/c13-9-7-8(14)5-6-12(9)19(17,18)16-11-4-2-1-3-10(11)15/h1-7,16H,15H2. The molecule has 2 rings (SSSR count). The summed E-state index contributed by atoms with van der Waals surface area (Å²) >= 11 is 5.73. The van der Waals surface area contributed by atoms with E-state index < -0.39 is 15.8 Å². The number of nitrogens with two attached hydrogens (primary N) is 1. The van der Waals surface area contributed by atoms with Crippen LogP contribution in [0.3, 0.4) is 0 Å². The third-order valence-electron chi connectivity index (χ3n) is 2.39. The average molecular weight is 301 g/mol. The number of rotatable bonds is 3. The first-order valence-electron chi connectivity index (χ1n) is 5.22. The van der Waals surface area contributed by atoms with Crippen LogP contribution in [0.2, 0.25) is 5.02 Å². The summed E-state index contributed by atoms with van der Waals surface area (Å²) in [6, 6.07) is 9.45. The molecule has 0 bridgehead atoms. The number of hydrogen-bond donors (Lipinski definition) is 2. The molecule has 100 valence electrons. The van der Waals surface area contributed by atoms with Crippen molar-refractivity contribution in [2.75, 3.05) is 10.5 Å². The van der Waals surface area contributed by atoms with Gasteiger partial charge in [-0.3, -0.25) is 4.72 Å². The summed E-state index contributed by atoms with van der Waals surface area (Å²) in [6.07, 6.45) is 0. The van der Waals surface area contributed by atoms with Crippen molar-refractivity contribution in [3.05, 3.63) is 53.3 Å². The van der Waals surface area contributed by atoms with Gasteiger partial charge in [-0.05, 0) is 30.3 Å². The maximum atomic E-state index is 12.9. The van der Waals surface area contributed by atoms with E-state index in [2.05, 4.69) is 4.72 Å². The molecule has 0 aromatic heterocycles. The summed E-state index contributed by atoms with van der Waals surface area (Å²) < 4.78 is 39.4. The van der Waals surface area contributed by atoms with E-state index in [0.29, 0.717) is 0 Å². The lowest BCUT2D eigenvalue weighted by atomic mass is 10.3. The molecule has 0 aliphatic heterocycles. The van der Waals surface area contributed by atoms with Crippen LogP contribution in [0.4, 0.5) is 15.8 Å². The highest BCUT2D eigenvalue weighted by Crippen LogP contribution is 2.26. The Morgan fingerprint density at radius 3 is 2.47 bits per heavy atom. The van der Waals surface area contributed by atoms with Gasteiger partial charge < -0.3 is 5.73 Å². The lowest BCUT2D eigenvalue weighted by Gasteiger charge is -2.11. The van der Waals surface area contributed by atoms with Gasteiger partial charge >= 0.3 is 0 Å². The molecule has 0 amide bonds. The fourth-order valence-electron chi connectivity index (χ4n) is 1.48. The van der Waals surface area contributed by atoms with Gasteiger partial charge in [-0.2, -0.15) is 0 Å². The fraction of sp³-hybridized carbons (Fsp3) is 0. The number of para-hydroxylation sites is 2. The van der Waals surface area contributed by atoms with Crippen molar-refractivity contribution in [2.45, 2.75) is 4.90 Å². The predicted octanol–water partition coefficient (Wildman–Crippen LogP) is 2.86. The van der Waals surface area contributed by atoms with Crippen LogP contribution in [0.5, 0.6) is 0 Å². The van der Waals surface area contributed by atoms with E-state index in [9.17, 15) is 12.8 Å². The van der Waals surface area contributed by atoms with Crippen molar-refractivity contribution in [3.8, 4) is 0 Å². The van der Waals surface area contributed by atoms with Crippen LogP contribution in [-0.4, -0.2) is 8.42 Å². The third-order valence-corrected chi connectivity index (χ3v) is 4.24. The van der Waals surface area contributed by atoms with Gasteiger partial charge in [0.15, 0.2) is 0 Å². The van der Waals surface area contributed by atoms with Gasteiger partial charge in [-0.25, -0.2) is 12.8 Å². The second-order valence-corrected chi connectivity index (χ2v) is 5.83. The SMILES string of the molecule is Nc1ccccc1NS(=O)(=O)c1ccc(F)cc1Cl. The number of halogens is 2. The first kappa shape index (κ1) is 13.6. The molecule has 0 fully saturated rings. The van der Waals surface area contributed by atoms with E-state index in [-0.39, 0.29) is 21.3 Å². The highest BCUT2D eigenvalue weighted by Gasteiger charge is 2.19. The molecule has 0 radical (unpaired) electrons. The van der Waals surface area contributed by atoms with Crippen molar-refractivity contribution in [2.24, 2.45) is 0 Å². The van der Waals surface area contributed by atoms with E-state index in [1.807, 2.05) is 0 Å². The molecule has 3 N–H and O–H groups in total. The monoisotopic (exact) mass is 300 g/mol. The molecule has 2 aromatic rings. The number of nitrogens with one attached hydrogen (secondary N) is 1. The second kappa shape index (κ2) is 5.07. The fourth-order valence-corrected chi connectivity index (χ4v) is 3.10. The van der Waals surface area contributed by atoms with Crippen LogP contribution in [0, 0.1) is 5.82 Å². The summed E-state index contributed by atoms with van der Waals surface area (Å²) in [7, 11) is -3.91. The highest BCUT2D eigenvalue weighted by molar-refractivity contribution is 7.92. The minimum Gasteiger partial charge on any atom is -0.397 e. The lowest BCUT2D eigenvalue weighted by molar-refractivity contribution is 0.600. The number of nitrogen functional groups attached to an aromatic ring is 1. The van der Waals surface area contributed by atoms with Gasteiger partial charge in [0, 0.05) is 0 Å². The van der Waals surface area contributed by atoms with Crippen LogP contribution in [0.25, 0.3) is 0 Å². The third kappa shape index (κ3) is 2.97. The Kier molecular flexibility index (Phi) is 3.64. The van der Waals surface area contributed by atoms with Crippen LogP contribution in [0.15, 0.2) is 47.4 Å². The molecular formula is C12H10ClFN2O2S. The van der Waals surface area contributed by atoms with Crippen LogP contribution < -0.4 is 10.5 Å². The zero-order valence-corrected chi connectivity index (χ0v) is 11.2. The summed E-state index contributed by atoms with van der Waals surface area (Å²) in [5.41, 5.74) is 6.17. The summed E-state index contributed by atoms with van der Waals surface area (Å²) in [5.74, 6) is -0.608. The molecule has 0 unspecified atom stereocenters. The molecule has 4 nitrogen and oxygen atoms in total. The van der Waals surface area contributed by atoms with Crippen molar-refractivity contribution in [1.82, 2.24) is 0 Å². The van der Waals surface area contributed by atoms with Gasteiger partial charge in [0.1, 0.15) is 10.7 Å². The Morgan fingerprint density at radius 2 is 1.84 bits per heavy atom. The largest absolute Gasteiger partial charge is 0.397 e. The molecule has 0 spiro atoms. The van der Waals surface area contributed by atoms with E-state index in [0.717, 1.165) is 18.2 Å². The highest BCUT2D eigenvalue weighted by atomic mass is 35.5. The minimum absolute atomic E-state index is 0.193. The van der Waals surface area contributed by atoms with Crippen LogP contribution in [-0.2, 0) is 10.0 Å². The number of hydrogen-bond acceptors (Lipinski definition) is 3. The van der Waals surface area contributed by atoms with Crippen LogP contribution >= 0.6 is 11.6 Å². The van der Waals surface area contributed by atoms with Gasteiger partial charge in [-0.15, -0.1) is 0 Å². The average Bonchev–Trinajstić information content (AvgIpc) is 2.31. The molecule has 0 aliphatic carbocycles. The van der Waals surface area contributed by atoms with Gasteiger partial charge in [0.05, 0.1) is 16.4 Å². The minimum atomic E-state index is -3.91. The zero-order valence-electron chi connectivity index (χ0n) is 9.60. The molecule has 2 aromatic carbocycles. The second-order valence-electron chi connectivity index (χ2n) is 3.77.